The van der Waals surface area contributed by atoms with Crippen molar-refractivity contribution in [2.45, 2.75) is 56.3 Å². The van der Waals surface area contributed by atoms with Crippen LogP contribution in [0.25, 0.3) is 0 Å². The number of phenolic OH excluding ortho intramolecular Hbond substituents is 1. The molecule has 0 aliphatic rings. The van der Waals surface area contributed by atoms with E-state index in [0.29, 0.717) is 11.3 Å². The van der Waals surface area contributed by atoms with Gasteiger partial charge in [-0.25, -0.2) is 9.78 Å². The molecule has 0 radical (unpaired) electrons. The van der Waals surface area contributed by atoms with E-state index in [4.69, 9.17) is 16.6 Å². The second-order valence-corrected chi connectivity index (χ2v) is 8.88. The van der Waals surface area contributed by atoms with Crippen molar-refractivity contribution in [3.05, 3.63) is 48.0 Å². The number of amides is 4. The van der Waals surface area contributed by atoms with Crippen molar-refractivity contribution in [1.29, 1.82) is 0 Å². The van der Waals surface area contributed by atoms with Gasteiger partial charge in [0, 0.05) is 31.2 Å². The molecule has 1 heterocycles. The maximum Gasteiger partial charge on any atom is 0.326 e. The Hall–Kier alpha value is -4.99. The number of hydrogen-bond donors (Lipinski definition) is 9. The molecule has 0 saturated heterocycles. The third-order valence-corrected chi connectivity index (χ3v) is 5.64. The molecule has 0 aliphatic carbocycles. The van der Waals surface area contributed by atoms with Gasteiger partial charge in [0.15, 0.2) is 0 Å². The molecule has 4 unspecified atom stereocenters. The van der Waals surface area contributed by atoms with Gasteiger partial charge >= 0.3 is 11.9 Å². The number of imidazole rings is 1. The van der Waals surface area contributed by atoms with Crippen LogP contribution in [0.5, 0.6) is 5.75 Å². The van der Waals surface area contributed by atoms with E-state index < -0.39 is 79.0 Å². The molecule has 0 aliphatic heterocycles. The Morgan fingerprint density at radius 3 is 1.98 bits per heavy atom. The van der Waals surface area contributed by atoms with Crippen molar-refractivity contribution in [3.63, 3.8) is 0 Å². The number of hydrogen-bond acceptors (Lipinski definition) is 9. The summed E-state index contributed by atoms with van der Waals surface area (Å²) in [5.41, 5.74) is 11.7. The highest BCUT2D eigenvalue weighted by Gasteiger charge is 2.31. The molecule has 40 heavy (non-hydrogen) atoms. The van der Waals surface area contributed by atoms with Gasteiger partial charge in [0.05, 0.1) is 18.8 Å². The topological polar surface area (TPSA) is 280 Å². The van der Waals surface area contributed by atoms with Gasteiger partial charge in [-0.2, -0.15) is 0 Å². The standard InChI is InChI=1S/C24H31N7O9/c25-15(9-19(26)33)21(36)30-17(7-12-1-3-14(32)4-2-12)22(37)31-18(8-13-10-27-11-28-13)23(38)29-16(24(39)40)5-6-20(34)35/h1-4,10-11,15-18,32H,5-9,25H2,(H2,26,33)(H,27,28)(H,29,38)(H,30,36)(H,31,37)(H,34,35)(H,39,40). The molecule has 4 amide bonds. The fourth-order valence-electron chi connectivity index (χ4n) is 3.56. The normalized spacial score (nSPS) is 13.7. The summed E-state index contributed by atoms with van der Waals surface area (Å²) in [5.74, 6) is -6.26. The minimum Gasteiger partial charge on any atom is -0.508 e. The highest BCUT2D eigenvalue weighted by atomic mass is 16.4. The number of aromatic hydroxyl groups is 1. The van der Waals surface area contributed by atoms with E-state index in [9.17, 15) is 39.0 Å². The molecule has 0 spiro atoms. The van der Waals surface area contributed by atoms with Crippen LogP contribution in [-0.2, 0) is 41.6 Å². The maximum absolute atomic E-state index is 13.4. The SMILES string of the molecule is NC(=O)CC(N)C(=O)NC(Cc1ccc(O)cc1)C(=O)NC(Cc1cnc[nH]1)C(=O)NC(CCC(=O)O)C(=O)O. The van der Waals surface area contributed by atoms with E-state index in [-0.39, 0.29) is 18.6 Å². The lowest BCUT2D eigenvalue weighted by Gasteiger charge is -2.25. The molecule has 2 aromatic rings. The fourth-order valence-corrected chi connectivity index (χ4v) is 3.56. The van der Waals surface area contributed by atoms with Gasteiger partial charge in [-0.3, -0.25) is 24.0 Å². The van der Waals surface area contributed by atoms with Crippen LogP contribution in [0.15, 0.2) is 36.8 Å². The van der Waals surface area contributed by atoms with Crippen LogP contribution in [0.4, 0.5) is 0 Å². The molecule has 1 aromatic carbocycles. The zero-order chi connectivity index (χ0) is 29.8. The first-order valence-electron chi connectivity index (χ1n) is 12.0. The molecule has 0 fully saturated rings. The lowest BCUT2D eigenvalue weighted by Crippen LogP contribution is -2.58. The van der Waals surface area contributed by atoms with Crippen LogP contribution in [-0.4, -0.2) is 85.0 Å². The van der Waals surface area contributed by atoms with E-state index in [1.165, 1.54) is 36.8 Å². The predicted octanol–water partition coefficient (Wildman–Crippen LogP) is -2.49. The van der Waals surface area contributed by atoms with Crippen molar-refractivity contribution in [2.75, 3.05) is 0 Å². The highest BCUT2D eigenvalue weighted by Crippen LogP contribution is 2.12. The first kappa shape index (κ1) is 31.2. The van der Waals surface area contributed by atoms with E-state index >= 15 is 0 Å². The first-order chi connectivity index (χ1) is 18.8. The van der Waals surface area contributed by atoms with Crippen LogP contribution >= 0.6 is 0 Å². The second-order valence-electron chi connectivity index (χ2n) is 8.88. The number of carboxylic acids is 2. The number of H-pyrrole nitrogens is 1. The van der Waals surface area contributed by atoms with Crippen LogP contribution in [0.2, 0.25) is 0 Å². The monoisotopic (exact) mass is 561 g/mol. The molecule has 216 valence electrons. The smallest absolute Gasteiger partial charge is 0.326 e. The highest BCUT2D eigenvalue weighted by molar-refractivity contribution is 5.95. The summed E-state index contributed by atoms with van der Waals surface area (Å²) < 4.78 is 0. The zero-order valence-corrected chi connectivity index (χ0v) is 21.2. The molecule has 1 aromatic heterocycles. The lowest BCUT2D eigenvalue weighted by molar-refractivity contribution is -0.143. The number of nitrogens with zero attached hydrogens (tertiary/aromatic N) is 1. The zero-order valence-electron chi connectivity index (χ0n) is 21.2. The molecule has 16 heteroatoms. The summed E-state index contributed by atoms with van der Waals surface area (Å²) in [4.78, 5) is 79.3. The molecule has 4 atom stereocenters. The Balaban J connectivity index is 2.29. The van der Waals surface area contributed by atoms with E-state index in [1.54, 1.807) is 0 Å². The number of benzene rings is 1. The van der Waals surface area contributed by atoms with Crippen LogP contribution in [0.1, 0.15) is 30.5 Å². The van der Waals surface area contributed by atoms with E-state index in [0.717, 1.165) is 0 Å². The van der Waals surface area contributed by atoms with Crippen molar-refractivity contribution in [3.8, 4) is 5.75 Å². The molecule has 0 bridgehead atoms. The fraction of sp³-hybridized carbons (Fsp3) is 0.375. The van der Waals surface area contributed by atoms with Gasteiger partial charge < -0.3 is 47.7 Å². The van der Waals surface area contributed by atoms with Crippen molar-refractivity contribution >= 4 is 35.6 Å². The van der Waals surface area contributed by atoms with Crippen LogP contribution in [0, 0.1) is 0 Å². The maximum atomic E-state index is 13.4. The van der Waals surface area contributed by atoms with E-state index in [1.807, 2.05) is 0 Å². The van der Waals surface area contributed by atoms with Crippen LogP contribution in [0.3, 0.4) is 0 Å². The Labute approximate surface area is 227 Å². The summed E-state index contributed by atoms with van der Waals surface area (Å²) >= 11 is 0. The van der Waals surface area contributed by atoms with Gasteiger partial charge in [-0.05, 0) is 24.1 Å². The summed E-state index contributed by atoms with van der Waals surface area (Å²) in [5, 5.41) is 35.0. The molecular formula is C24H31N7O9. The molecular weight excluding hydrogens is 530 g/mol. The van der Waals surface area contributed by atoms with Gasteiger partial charge in [0.1, 0.15) is 23.9 Å². The average Bonchev–Trinajstić information content (AvgIpc) is 3.39. The average molecular weight is 562 g/mol. The number of phenols is 1. The largest absolute Gasteiger partial charge is 0.508 e. The third-order valence-electron chi connectivity index (χ3n) is 5.64. The number of aliphatic carboxylic acids is 2. The quantitative estimate of drug-likeness (QED) is 0.103. The Kier molecular flexibility index (Phi) is 11.6. The number of aromatic nitrogens is 2. The van der Waals surface area contributed by atoms with Gasteiger partial charge in [-0.15, -0.1) is 0 Å². The Bertz CT molecular complexity index is 1200. The van der Waals surface area contributed by atoms with Crippen molar-refractivity contribution < 1.29 is 44.1 Å². The molecule has 16 nitrogen and oxygen atoms in total. The van der Waals surface area contributed by atoms with Gasteiger partial charge in [0.25, 0.3) is 0 Å². The number of nitrogens with two attached hydrogens (primary N) is 2. The number of carbonyl (C=O) groups is 6. The molecule has 0 saturated carbocycles. The first-order valence-corrected chi connectivity index (χ1v) is 12.0. The van der Waals surface area contributed by atoms with E-state index in [2.05, 4.69) is 25.9 Å². The number of carboxylic acid groups (broad SMARTS) is 2. The third kappa shape index (κ3) is 10.4. The number of aromatic amines is 1. The number of rotatable bonds is 16. The Morgan fingerprint density at radius 1 is 0.875 bits per heavy atom. The summed E-state index contributed by atoms with van der Waals surface area (Å²) in [6, 6.07) is 0.116. The van der Waals surface area contributed by atoms with Gasteiger partial charge in [-0.1, -0.05) is 12.1 Å². The predicted molar refractivity (Wildman–Crippen MR) is 136 cm³/mol. The number of primary amides is 1. The summed E-state index contributed by atoms with van der Waals surface area (Å²) in [6.45, 7) is 0. The molecule has 2 rings (SSSR count). The molecule has 11 N–H and O–H groups in total. The lowest BCUT2D eigenvalue weighted by atomic mass is 10.0. The summed E-state index contributed by atoms with van der Waals surface area (Å²) in [7, 11) is 0. The van der Waals surface area contributed by atoms with Crippen molar-refractivity contribution in [2.24, 2.45) is 11.5 Å². The minimum absolute atomic E-state index is 0.0376. The summed E-state index contributed by atoms with van der Waals surface area (Å²) in [6.07, 6.45) is 1.01. The number of nitrogens with one attached hydrogen (secondary N) is 4. The van der Waals surface area contributed by atoms with Gasteiger partial charge in [0.2, 0.25) is 23.6 Å². The second kappa shape index (κ2) is 14.8. The number of carbonyl (C=O) groups excluding carboxylic acids is 4. The Morgan fingerprint density at radius 2 is 1.45 bits per heavy atom. The van der Waals surface area contributed by atoms with Crippen LogP contribution < -0.4 is 27.4 Å². The minimum atomic E-state index is -1.55. The van der Waals surface area contributed by atoms with Crippen molar-refractivity contribution in [1.82, 2.24) is 25.9 Å².